The van der Waals surface area contributed by atoms with Crippen molar-refractivity contribution in [1.29, 1.82) is 0 Å². The third-order valence-electron chi connectivity index (χ3n) is 3.79. The number of aromatic amines is 1. The standard InChI is InChI=1S/C14H12N4OS/c1-14(2)7-3-9-10(4-8(7)18-13(14)19)17-12(16-9)11-5-20-6-15-11/h3-6H,1-2H3,(H,16,17)(H,18,19). The number of nitrogens with one attached hydrogen (secondary N) is 2. The van der Waals surface area contributed by atoms with Crippen molar-refractivity contribution in [3.63, 3.8) is 0 Å². The molecule has 1 aliphatic rings. The fourth-order valence-corrected chi connectivity index (χ4v) is 3.07. The lowest BCUT2D eigenvalue weighted by Crippen LogP contribution is -2.26. The van der Waals surface area contributed by atoms with Crippen molar-refractivity contribution in [2.75, 3.05) is 5.32 Å². The summed E-state index contributed by atoms with van der Waals surface area (Å²) in [6, 6.07) is 3.93. The average molecular weight is 284 g/mol. The molecule has 2 N–H and O–H groups in total. The van der Waals surface area contributed by atoms with E-state index in [9.17, 15) is 4.79 Å². The van der Waals surface area contributed by atoms with Gasteiger partial charge >= 0.3 is 0 Å². The van der Waals surface area contributed by atoms with Crippen LogP contribution in [0, 0.1) is 0 Å². The Balaban J connectivity index is 1.93. The molecule has 1 amide bonds. The number of fused-ring (bicyclic) bond motifs is 2. The molecule has 3 aromatic rings. The van der Waals surface area contributed by atoms with Gasteiger partial charge in [0.25, 0.3) is 0 Å². The second kappa shape index (κ2) is 3.67. The number of nitrogens with zero attached hydrogens (tertiary/aromatic N) is 2. The van der Waals surface area contributed by atoms with Crippen LogP contribution in [0.2, 0.25) is 0 Å². The van der Waals surface area contributed by atoms with Crippen LogP contribution in [0.4, 0.5) is 5.69 Å². The van der Waals surface area contributed by atoms with Gasteiger partial charge in [0.15, 0.2) is 5.82 Å². The zero-order valence-electron chi connectivity index (χ0n) is 11.0. The summed E-state index contributed by atoms with van der Waals surface area (Å²) in [6.45, 7) is 3.86. The first-order chi connectivity index (χ1) is 9.55. The Morgan fingerprint density at radius 3 is 2.90 bits per heavy atom. The number of thiazole rings is 1. The number of rotatable bonds is 1. The average Bonchev–Trinajstić information content (AvgIpc) is 3.08. The maximum atomic E-state index is 12.0. The van der Waals surface area contributed by atoms with Gasteiger partial charge < -0.3 is 10.3 Å². The second-order valence-corrected chi connectivity index (χ2v) is 6.17. The second-order valence-electron chi connectivity index (χ2n) is 5.45. The Morgan fingerprint density at radius 2 is 2.15 bits per heavy atom. The first-order valence-electron chi connectivity index (χ1n) is 6.30. The molecule has 1 aliphatic heterocycles. The first-order valence-corrected chi connectivity index (χ1v) is 7.24. The molecule has 0 spiro atoms. The number of hydrogen-bond acceptors (Lipinski definition) is 4. The van der Waals surface area contributed by atoms with Crippen molar-refractivity contribution < 1.29 is 4.79 Å². The fourth-order valence-electron chi connectivity index (χ4n) is 2.53. The predicted octanol–water partition coefficient (Wildman–Crippen LogP) is 2.92. The maximum absolute atomic E-state index is 12.0. The molecule has 20 heavy (non-hydrogen) atoms. The quantitative estimate of drug-likeness (QED) is 0.721. The summed E-state index contributed by atoms with van der Waals surface area (Å²) in [5.74, 6) is 0.786. The Kier molecular flexibility index (Phi) is 2.13. The summed E-state index contributed by atoms with van der Waals surface area (Å²) in [4.78, 5) is 24.0. The van der Waals surface area contributed by atoms with E-state index in [4.69, 9.17) is 0 Å². The molecule has 6 heteroatoms. The van der Waals surface area contributed by atoms with E-state index < -0.39 is 5.41 Å². The minimum atomic E-state index is -0.505. The highest BCUT2D eigenvalue weighted by Gasteiger charge is 2.38. The molecule has 2 aromatic heterocycles. The van der Waals surface area contributed by atoms with E-state index in [0.717, 1.165) is 33.8 Å². The third kappa shape index (κ3) is 1.45. The van der Waals surface area contributed by atoms with Gasteiger partial charge in [-0.1, -0.05) is 0 Å². The number of benzene rings is 1. The zero-order chi connectivity index (χ0) is 13.9. The number of carbonyl (C=O) groups is 1. The van der Waals surface area contributed by atoms with E-state index in [1.807, 2.05) is 31.4 Å². The topological polar surface area (TPSA) is 70.7 Å². The van der Waals surface area contributed by atoms with Crippen LogP contribution in [0.3, 0.4) is 0 Å². The molecule has 0 radical (unpaired) electrons. The molecule has 0 aliphatic carbocycles. The predicted molar refractivity (Wildman–Crippen MR) is 78.9 cm³/mol. The van der Waals surface area contributed by atoms with Crippen molar-refractivity contribution in [3.8, 4) is 11.5 Å². The molecule has 3 heterocycles. The van der Waals surface area contributed by atoms with E-state index in [-0.39, 0.29) is 5.91 Å². The van der Waals surface area contributed by atoms with Crippen LogP contribution in [-0.2, 0) is 10.2 Å². The van der Waals surface area contributed by atoms with Crippen LogP contribution in [-0.4, -0.2) is 20.9 Å². The van der Waals surface area contributed by atoms with Gasteiger partial charge in [0.2, 0.25) is 5.91 Å². The van der Waals surface area contributed by atoms with Crippen molar-refractivity contribution in [2.24, 2.45) is 0 Å². The molecule has 0 unspecified atom stereocenters. The summed E-state index contributed by atoms with van der Waals surface area (Å²) >= 11 is 1.54. The van der Waals surface area contributed by atoms with Gasteiger partial charge in [0.1, 0.15) is 5.69 Å². The zero-order valence-corrected chi connectivity index (χ0v) is 11.8. The van der Waals surface area contributed by atoms with Gasteiger partial charge in [-0.2, -0.15) is 0 Å². The van der Waals surface area contributed by atoms with Crippen molar-refractivity contribution in [1.82, 2.24) is 15.0 Å². The molecule has 0 fully saturated rings. The lowest BCUT2D eigenvalue weighted by molar-refractivity contribution is -0.119. The lowest BCUT2D eigenvalue weighted by atomic mass is 9.86. The van der Waals surface area contributed by atoms with Crippen LogP contribution in [0.25, 0.3) is 22.6 Å². The van der Waals surface area contributed by atoms with Gasteiger partial charge in [-0.3, -0.25) is 4.79 Å². The Morgan fingerprint density at radius 1 is 1.30 bits per heavy atom. The van der Waals surface area contributed by atoms with Crippen LogP contribution in [0.1, 0.15) is 19.4 Å². The molecule has 1 aromatic carbocycles. The number of hydrogen-bond donors (Lipinski definition) is 2. The number of carbonyl (C=O) groups excluding carboxylic acids is 1. The van der Waals surface area contributed by atoms with Crippen molar-refractivity contribution in [3.05, 3.63) is 28.6 Å². The Bertz CT molecular complexity index is 832. The SMILES string of the molecule is CC1(C)C(=O)Nc2cc3nc(-c4cscn4)[nH]c3cc21. The highest BCUT2D eigenvalue weighted by molar-refractivity contribution is 7.07. The highest BCUT2D eigenvalue weighted by Crippen LogP contribution is 2.39. The minimum absolute atomic E-state index is 0.0277. The van der Waals surface area contributed by atoms with Crippen molar-refractivity contribution >= 4 is 34.0 Å². The molecule has 4 rings (SSSR count). The molecule has 0 saturated carbocycles. The number of imidazole rings is 1. The molecule has 0 saturated heterocycles. The first kappa shape index (κ1) is 11.6. The van der Waals surface area contributed by atoms with Gasteiger partial charge in [-0.15, -0.1) is 11.3 Å². The van der Waals surface area contributed by atoms with Crippen LogP contribution >= 0.6 is 11.3 Å². The smallest absolute Gasteiger partial charge is 0.234 e. The summed E-state index contributed by atoms with van der Waals surface area (Å²) in [7, 11) is 0. The number of aromatic nitrogens is 3. The summed E-state index contributed by atoms with van der Waals surface area (Å²) in [5, 5.41) is 4.87. The molecule has 0 atom stereocenters. The van der Waals surface area contributed by atoms with E-state index in [2.05, 4.69) is 20.3 Å². The van der Waals surface area contributed by atoms with Gasteiger partial charge in [-0.05, 0) is 31.5 Å². The highest BCUT2D eigenvalue weighted by atomic mass is 32.1. The number of amides is 1. The Hall–Kier alpha value is -2.21. The van der Waals surface area contributed by atoms with E-state index in [1.165, 1.54) is 11.3 Å². The molecule has 5 nitrogen and oxygen atoms in total. The maximum Gasteiger partial charge on any atom is 0.234 e. The van der Waals surface area contributed by atoms with Crippen LogP contribution in [0.15, 0.2) is 23.0 Å². The van der Waals surface area contributed by atoms with E-state index in [1.54, 1.807) is 5.51 Å². The molecule has 0 bridgehead atoms. The largest absolute Gasteiger partial charge is 0.337 e. The van der Waals surface area contributed by atoms with E-state index in [0.29, 0.717) is 0 Å². The summed E-state index contributed by atoms with van der Waals surface area (Å²) in [5.41, 5.74) is 5.74. The van der Waals surface area contributed by atoms with Crippen molar-refractivity contribution in [2.45, 2.75) is 19.3 Å². The normalized spacial score (nSPS) is 16.4. The van der Waals surface area contributed by atoms with Gasteiger partial charge in [-0.25, -0.2) is 9.97 Å². The molecule has 100 valence electrons. The minimum Gasteiger partial charge on any atom is -0.337 e. The van der Waals surface area contributed by atoms with Gasteiger partial charge in [0, 0.05) is 11.1 Å². The summed E-state index contributed by atoms with van der Waals surface area (Å²) in [6.07, 6.45) is 0. The lowest BCUT2D eigenvalue weighted by Gasteiger charge is -2.14. The third-order valence-corrected chi connectivity index (χ3v) is 4.37. The number of H-pyrrole nitrogens is 1. The molecular weight excluding hydrogens is 272 g/mol. The van der Waals surface area contributed by atoms with Gasteiger partial charge in [0.05, 0.1) is 22.0 Å². The van der Waals surface area contributed by atoms with Crippen LogP contribution < -0.4 is 5.32 Å². The number of anilines is 1. The summed E-state index contributed by atoms with van der Waals surface area (Å²) < 4.78 is 0. The monoisotopic (exact) mass is 284 g/mol. The fraction of sp³-hybridized carbons (Fsp3) is 0.214. The van der Waals surface area contributed by atoms with Crippen LogP contribution in [0.5, 0.6) is 0 Å². The molecular formula is C14H12N4OS. The van der Waals surface area contributed by atoms with E-state index >= 15 is 0 Å². The Labute approximate surface area is 119 Å².